The van der Waals surface area contributed by atoms with Crippen molar-refractivity contribution >= 4 is 23.1 Å². The average molecular weight is 448 g/mol. The Kier molecular flexibility index (Phi) is 7.79. The van der Waals surface area contributed by atoms with E-state index in [9.17, 15) is 23.1 Å². The van der Waals surface area contributed by atoms with Crippen LogP contribution in [-0.4, -0.2) is 49.1 Å². The predicted octanol–water partition coefficient (Wildman–Crippen LogP) is 3.10. The Morgan fingerprint density at radius 3 is 2.50 bits per heavy atom. The van der Waals surface area contributed by atoms with Gasteiger partial charge in [-0.15, -0.1) is 0 Å². The first-order valence-electron chi connectivity index (χ1n) is 9.10. The number of carboxylic acid groups (broad SMARTS) is 1. The van der Waals surface area contributed by atoms with Crippen LogP contribution in [0.25, 0.3) is 5.57 Å². The van der Waals surface area contributed by atoms with Gasteiger partial charge in [-0.2, -0.15) is 18.2 Å². The number of carboxylic acids is 1. The molecule has 166 valence electrons. The van der Waals surface area contributed by atoms with E-state index in [4.69, 9.17) is 21.1 Å². The maximum atomic E-state index is 13.7. The third-order valence-corrected chi connectivity index (χ3v) is 4.82. The molecule has 0 saturated carbocycles. The van der Waals surface area contributed by atoms with Gasteiger partial charge in [0.05, 0.1) is 25.9 Å². The second-order valence-corrected chi connectivity index (χ2v) is 7.49. The monoisotopic (exact) mass is 447 g/mol. The normalized spacial score (nSPS) is 18.5. The van der Waals surface area contributed by atoms with Gasteiger partial charge in [-0.05, 0) is 17.0 Å². The summed E-state index contributed by atoms with van der Waals surface area (Å²) in [6.45, 7) is 3.70. The Bertz CT molecular complexity index is 840. The zero-order valence-corrected chi connectivity index (χ0v) is 17.8. The summed E-state index contributed by atoms with van der Waals surface area (Å²) < 4.78 is 51.5. The molecule has 0 bridgehead atoms. The maximum Gasteiger partial charge on any atom is 0.419 e. The number of nitrogens with zero attached hydrogens (tertiary/aromatic N) is 2. The highest BCUT2D eigenvalue weighted by Crippen LogP contribution is 2.42. The fourth-order valence-corrected chi connectivity index (χ4v) is 3.50. The quantitative estimate of drug-likeness (QED) is 0.346. The van der Waals surface area contributed by atoms with E-state index in [2.05, 4.69) is 0 Å². The molecule has 10 heteroatoms. The smallest absolute Gasteiger partial charge is 0.419 e. The van der Waals surface area contributed by atoms with Crippen LogP contribution in [0.5, 0.6) is 0 Å². The van der Waals surface area contributed by atoms with Crippen molar-refractivity contribution in [2.45, 2.75) is 32.9 Å². The van der Waals surface area contributed by atoms with Gasteiger partial charge in [0.15, 0.2) is 6.23 Å². The minimum atomic E-state index is -4.70. The van der Waals surface area contributed by atoms with E-state index in [1.54, 1.807) is 18.2 Å². The molecule has 0 amide bonds. The van der Waals surface area contributed by atoms with E-state index in [0.29, 0.717) is 5.56 Å². The molecule has 1 aliphatic heterocycles. The third-order valence-electron chi connectivity index (χ3n) is 4.42. The number of likely N-dealkylation sites (N-methyl/N-ethyl adjacent to an activating group) is 1. The van der Waals surface area contributed by atoms with Gasteiger partial charge in [0.25, 0.3) is 0 Å². The minimum absolute atomic E-state index is 0.0555. The van der Waals surface area contributed by atoms with Gasteiger partial charge in [0.1, 0.15) is 10.7 Å². The van der Waals surface area contributed by atoms with Crippen LogP contribution in [0.2, 0.25) is 0 Å². The second-order valence-electron chi connectivity index (χ2n) is 7.13. The molecule has 0 saturated heterocycles. The molecule has 1 aromatic rings. The Morgan fingerprint density at radius 2 is 1.97 bits per heavy atom. The Hall–Kier alpha value is -2.23. The maximum absolute atomic E-state index is 13.7. The number of ether oxygens (including phenoxy) is 2. The van der Waals surface area contributed by atoms with Crippen LogP contribution < -0.4 is 5.11 Å². The van der Waals surface area contributed by atoms with Crippen molar-refractivity contribution in [1.29, 1.82) is 0 Å². The van der Waals surface area contributed by atoms with Crippen LogP contribution in [0, 0.1) is 5.92 Å². The molecule has 1 aromatic carbocycles. The molecule has 0 aliphatic carbocycles. The molecule has 1 unspecified atom stereocenters. The Balaban J connectivity index is 2.35. The lowest BCUT2D eigenvalue weighted by Crippen LogP contribution is -2.43. The molecular weight excluding hydrogens is 425 g/mol. The first-order valence-corrected chi connectivity index (χ1v) is 9.48. The fraction of sp³-hybridized carbons (Fsp3) is 0.450. The number of rotatable bonds is 8. The highest BCUT2D eigenvalue weighted by atomic mass is 35.5. The fourth-order valence-electron chi connectivity index (χ4n) is 3.11. The van der Waals surface area contributed by atoms with Gasteiger partial charge in [-0.25, -0.2) is 0 Å². The van der Waals surface area contributed by atoms with Crippen molar-refractivity contribution in [2.75, 3.05) is 20.7 Å². The molecule has 6 nitrogen and oxygen atoms in total. The van der Waals surface area contributed by atoms with E-state index in [1.165, 1.54) is 30.2 Å². The number of halogens is 4. The van der Waals surface area contributed by atoms with Crippen LogP contribution in [0.1, 0.15) is 25.0 Å². The molecular formula is C20H23ClF3N2O4-. The summed E-state index contributed by atoms with van der Waals surface area (Å²) in [7, 11) is 2.73. The SMILES string of the molecule is CO/C=C(/C(=O)[O-])c1ccccc1COC1C(C(F)(F)F)=C(Cl)N(CC(C)C)N1C. The summed E-state index contributed by atoms with van der Waals surface area (Å²) in [6.07, 6.45) is -5.19. The topological polar surface area (TPSA) is 65.1 Å². The summed E-state index contributed by atoms with van der Waals surface area (Å²) in [4.78, 5) is 11.4. The first kappa shape index (κ1) is 24.0. The van der Waals surface area contributed by atoms with Crippen LogP contribution in [0.4, 0.5) is 13.2 Å². The van der Waals surface area contributed by atoms with Gasteiger partial charge in [0.2, 0.25) is 0 Å². The Labute approximate surface area is 178 Å². The molecule has 0 radical (unpaired) electrons. The van der Waals surface area contributed by atoms with Crippen molar-refractivity contribution < 1.29 is 32.5 Å². The number of carbonyl (C=O) groups excluding carboxylic acids is 1. The van der Waals surface area contributed by atoms with Crippen LogP contribution in [0.3, 0.4) is 0 Å². The zero-order chi connectivity index (χ0) is 22.6. The van der Waals surface area contributed by atoms with Crippen molar-refractivity contribution in [3.63, 3.8) is 0 Å². The predicted molar refractivity (Wildman–Crippen MR) is 103 cm³/mol. The second kappa shape index (κ2) is 9.72. The van der Waals surface area contributed by atoms with Crippen molar-refractivity contribution in [3.8, 4) is 0 Å². The lowest BCUT2D eigenvalue weighted by atomic mass is 10.0. The van der Waals surface area contributed by atoms with Gasteiger partial charge in [0, 0.05) is 19.2 Å². The summed E-state index contributed by atoms with van der Waals surface area (Å²) in [5.41, 5.74) is -0.666. The largest absolute Gasteiger partial charge is 0.545 e. The highest BCUT2D eigenvalue weighted by Gasteiger charge is 2.50. The standard InChI is InChI=1S/C20H24ClF3N2O4/c1-12(2)9-26-17(21)16(20(22,23)24)18(25(26)3)30-10-13-7-5-6-8-14(13)15(11-29-4)19(27)28/h5-8,11-12,18H,9-10H2,1-4H3,(H,27,28)/p-1/b15-11+. The minimum Gasteiger partial charge on any atom is -0.545 e. The van der Waals surface area contributed by atoms with Crippen LogP contribution >= 0.6 is 11.6 Å². The average Bonchev–Trinajstić information content (AvgIpc) is 2.88. The van der Waals surface area contributed by atoms with Gasteiger partial charge >= 0.3 is 6.18 Å². The molecule has 0 fully saturated rings. The number of aliphatic carboxylic acids is 1. The van der Waals surface area contributed by atoms with Gasteiger partial charge in [-0.1, -0.05) is 49.7 Å². The van der Waals surface area contributed by atoms with E-state index < -0.39 is 29.1 Å². The van der Waals surface area contributed by atoms with Gasteiger partial charge < -0.3 is 19.4 Å². The van der Waals surface area contributed by atoms with Crippen molar-refractivity contribution in [1.82, 2.24) is 10.0 Å². The molecule has 1 heterocycles. The Morgan fingerprint density at radius 1 is 1.33 bits per heavy atom. The number of alkyl halides is 3. The summed E-state index contributed by atoms with van der Waals surface area (Å²) in [5.74, 6) is -1.43. The number of carbonyl (C=O) groups is 1. The summed E-state index contributed by atoms with van der Waals surface area (Å²) >= 11 is 6.06. The third kappa shape index (κ3) is 5.27. The molecule has 30 heavy (non-hydrogen) atoms. The van der Waals surface area contributed by atoms with E-state index >= 15 is 0 Å². The summed E-state index contributed by atoms with van der Waals surface area (Å²) in [5, 5.41) is 13.6. The van der Waals surface area contributed by atoms with E-state index in [1.807, 2.05) is 13.8 Å². The number of methoxy groups -OCH3 is 1. The van der Waals surface area contributed by atoms with Crippen LogP contribution in [0.15, 0.2) is 41.3 Å². The molecule has 2 rings (SSSR count). The van der Waals surface area contributed by atoms with E-state index in [-0.39, 0.29) is 30.2 Å². The first-order chi connectivity index (χ1) is 14.0. The summed E-state index contributed by atoms with van der Waals surface area (Å²) in [6, 6.07) is 6.27. The highest BCUT2D eigenvalue weighted by molar-refractivity contribution is 6.29. The lowest BCUT2D eigenvalue weighted by Gasteiger charge is -2.32. The number of hydrogen-bond acceptors (Lipinski definition) is 6. The van der Waals surface area contributed by atoms with Crippen LogP contribution in [-0.2, 0) is 20.9 Å². The lowest BCUT2D eigenvalue weighted by molar-refractivity contribution is -0.295. The molecule has 1 atom stereocenters. The van der Waals surface area contributed by atoms with Crippen molar-refractivity contribution in [2.24, 2.45) is 5.92 Å². The molecule has 0 N–H and O–H groups in total. The number of hydrazine groups is 1. The van der Waals surface area contributed by atoms with E-state index in [0.717, 1.165) is 6.26 Å². The van der Waals surface area contributed by atoms with Gasteiger partial charge in [-0.3, -0.25) is 5.01 Å². The molecule has 1 aliphatic rings. The zero-order valence-electron chi connectivity index (χ0n) is 17.0. The molecule has 0 aromatic heterocycles. The number of benzene rings is 1. The number of hydrogen-bond donors (Lipinski definition) is 0. The molecule has 0 spiro atoms. The van der Waals surface area contributed by atoms with Crippen molar-refractivity contribution in [3.05, 3.63) is 52.4 Å².